The largest absolute Gasteiger partial charge is 0.493 e. The van der Waals surface area contributed by atoms with Crippen LogP contribution in [0.15, 0.2) is 40.9 Å². The highest BCUT2D eigenvalue weighted by Gasteiger charge is 2.18. The van der Waals surface area contributed by atoms with Gasteiger partial charge in [-0.3, -0.25) is 5.10 Å². The van der Waals surface area contributed by atoms with Crippen molar-refractivity contribution in [2.75, 3.05) is 7.11 Å². The van der Waals surface area contributed by atoms with Gasteiger partial charge in [-0.05, 0) is 62.4 Å². The molecule has 2 aromatic heterocycles. The van der Waals surface area contributed by atoms with Crippen molar-refractivity contribution in [3.63, 3.8) is 0 Å². The molecule has 4 rings (SSSR count). The van der Waals surface area contributed by atoms with Crippen molar-refractivity contribution in [2.45, 2.75) is 51.8 Å². The van der Waals surface area contributed by atoms with Gasteiger partial charge in [-0.25, -0.2) is 0 Å². The Labute approximate surface area is 165 Å². The predicted molar refractivity (Wildman–Crippen MR) is 107 cm³/mol. The standard InChI is InChI=1S/C22H27N3O3/c1-15-7-9-20(27-15)22-17(14-24-25-22)13-23-12-16-8-10-19(26-2)21(11-16)28-18-5-3-4-6-18/h7-11,14,18,23H,3-6,12-13H2,1-2H3,(H,24,25). The van der Waals surface area contributed by atoms with Gasteiger partial charge in [0.25, 0.3) is 0 Å². The molecule has 0 bridgehead atoms. The summed E-state index contributed by atoms with van der Waals surface area (Å²) in [6.45, 7) is 3.36. The van der Waals surface area contributed by atoms with Gasteiger partial charge in [0, 0.05) is 18.7 Å². The molecular weight excluding hydrogens is 354 g/mol. The van der Waals surface area contributed by atoms with Crippen LogP contribution in [0.2, 0.25) is 0 Å². The average Bonchev–Trinajstić information content (AvgIpc) is 3.44. The molecule has 2 N–H and O–H groups in total. The second kappa shape index (κ2) is 8.52. The van der Waals surface area contributed by atoms with Crippen molar-refractivity contribution in [1.82, 2.24) is 15.5 Å². The molecule has 0 aliphatic heterocycles. The molecule has 0 unspecified atom stereocenters. The van der Waals surface area contributed by atoms with E-state index < -0.39 is 0 Å². The molecule has 0 saturated heterocycles. The number of aromatic nitrogens is 2. The van der Waals surface area contributed by atoms with E-state index in [2.05, 4.69) is 27.6 Å². The van der Waals surface area contributed by atoms with Gasteiger partial charge in [-0.2, -0.15) is 5.10 Å². The van der Waals surface area contributed by atoms with Crippen LogP contribution in [-0.4, -0.2) is 23.4 Å². The molecule has 28 heavy (non-hydrogen) atoms. The van der Waals surface area contributed by atoms with Crippen molar-refractivity contribution in [3.05, 3.63) is 53.4 Å². The van der Waals surface area contributed by atoms with E-state index in [4.69, 9.17) is 13.9 Å². The van der Waals surface area contributed by atoms with Gasteiger partial charge in [0.15, 0.2) is 17.3 Å². The molecule has 0 radical (unpaired) electrons. The Morgan fingerprint density at radius 3 is 2.75 bits per heavy atom. The summed E-state index contributed by atoms with van der Waals surface area (Å²) in [6, 6.07) is 10.0. The summed E-state index contributed by atoms with van der Waals surface area (Å²) in [5.74, 6) is 3.32. The van der Waals surface area contributed by atoms with Gasteiger partial charge >= 0.3 is 0 Å². The number of aryl methyl sites for hydroxylation is 1. The van der Waals surface area contributed by atoms with Gasteiger partial charge < -0.3 is 19.2 Å². The maximum Gasteiger partial charge on any atom is 0.161 e. The smallest absolute Gasteiger partial charge is 0.161 e. The zero-order chi connectivity index (χ0) is 19.3. The Bertz CT molecular complexity index is 909. The van der Waals surface area contributed by atoms with Crippen LogP contribution < -0.4 is 14.8 Å². The third kappa shape index (κ3) is 4.22. The van der Waals surface area contributed by atoms with Gasteiger partial charge in [-0.1, -0.05) is 6.07 Å². The van der Waals surface area contributed by atoms with E-state index in [0.29, 0.717) is 12.6 Å². The summed E-state index contributed by atoms with van der Waals surface area (Å²) >= 11 is 0. The highest BCUT2D eigenvalue weighted by atomic mass is 16.5. The van der Waals surface area contributed by atoms with Gasteiger partial charge in [-0.15, -0.1) is 0 Å². The quantitative estimate of drug-likeness (QED) is 0.597. The molecule has 0 atom stereocenters. The summed E-state index contributed by atoms with van der Waals surface area (Å²) in [7, 11) is 1.69. The zero-order valence-corrected chi connectivity index (χ0v) is 16.5. The van der Waals surface area contributed by atoms with Gasteiger partial charge in [0.2, 0.25) is 0 Å². The minimum Gasteiger partial charge on any atom is -0.493 e. The fourth-order valence-electron chi connectivity index (χ4n) is 3.68. The van der Waals surface area contributed by atoms with Crippen molar-refractivity contribution >= 4 is 0 Å². The number of nitrogens with one attached hydrogen (secondary N) is 2. The number of furan rings is 1. The van der Waals surface area contributed by atoms with Crippen LogP contribution >= 0.6 is 0 Å². The van der Waals surface area contributed by atoms with Crippen molar-refractivity contribution in [1.29, 1.82) is 0 Å². The molecule has 1 fully saturated rings. The molecule has 1 aliphatic carbocycles. The van der Waals surface area contributed by atoms with E-state index in [1.165, 1.54) is 12.8 Å². The van der Waals surface area contributed by atoms with Crippen LogP contribution in [-0.2, 0) is 13.1 Å². The fraction of sp³-hybridized carbons (Fsp3) is 0.409. The molecule has 3 aromatic rings. The number of methoxy groups -OCH3 is 1. The monoisotopic (exact) mass is 381 g/mol. The normalized spacial score (nSPS) is 14.5. The Morgan fingerprint density at radius 2 is 2.00 bits per heavy atom. The van der Waals surface area contributed by atoms with E-state index in [-0.39, 0.29) is 0 Å². The van der Waals surface area contributed by atoms with Crippen LogP contribution in [0.3, 0.4) is 0 Å². The van der Waals surface area contributed by atoms with Crippen LogP contribution in [0.4, 0.5) is 0 Å². The molecule has 1 aliphatic rings. The van der Waals surface area contributed by atoms with Gasteiger partial charge in [0.05, 0.1) is 19.4 Å². The second-order valence-corrected chi connectivity index (χ2v) is 7.29. The Balaban J connectivity index is 1.39. The Kier molecular flexibility index (Phi) is 5.67. The SMILES string of the molecule is COc1ccc(CNCc2cn[nH]c2-c2ccc(C)o2)cc1OC1CCCC1. The number of aromatic amines is 1. The van der Waals surface area contributed by atoms with E-state index in [9.17, 15) is 0 Å². The van der Waals surface area contributed by atoms with Crippen LogP contribution in [0.25, 0.3) is 11.5 Å². The maximum atomic E-state index is 6.19. The molecule has 6 nitrogen and oxygen atoms in total. The van der Waals surface area contributed by atoms with Crippen molar-refractivity contribution in [2.24, 2.45) is 0 Å². The first kappa shape index (κ1) is 18.6. The number of ether oxygens (including phenoxy) is 2. The van der Waals surface area contributed by atoms with Crippen LogP contribution in [0, 0.1) is 6.92 Å². The third-order valence-electron chi connectivity index (χ3n) is 5.17. The second-order valence-electron chi connectivity index (χ2n) is 7.29. The summed E-state index contributed by atoms with van der Waals surface area (Å²) in [5, 5.41) is 10.7. The molecular formula is C22H27N3O3. The fourth-order valence-corrected chi connectivity index (χ4v) is 3.68. The van der Waals surface area contributed by atoms with Gasteiger partial charge in [0.1, 0.15) is 11.5 Å². The molecule has 1 aromatic carbocycles. The van der Waals surface area contributed by atoms with Crippen LogP contribution in [0.1, 0.15) is 42.6 Å². The van der Waals surface area contributed by atoms with Crippen molar-refractivity contribution in [3.8, 4) is 23.0 Å². The van der Waals surface area contributed by atoms with Crippen molar-refractivity contribution < 1.29 is 13.9 Å². The molecule has 0 amide bonds. The highest BCUT2D eigenvalue weighted by Crippen LogP contribution is 2.32. The molecule has 1 saturated carbocycles. The van der Waals surface area contributed by atoms with E-state index >= 15 is 0 Å². The minimum atomic E-state index is 0.308. The summed E-state index contributed by atoms with van der Waals surface area (Å²) < 4.78 is 17.4. The third-order valence-corrected chi connectivity index (χ3v) is 5.17. The number of benzene rings is 1. The first-order valence-electron chi connectivity index (χ1n) is 9.86. The lowest BCUT2D eigenvalue weighted by atomic mass is 10.1. The number of H-pyrrole nitrogens is 1. The van der Waals surface area contributed by atoms with Crippen LogP contribution in [0.5, 0.6) is 11.5 Å². The maximum absolute atomic E-state index is 6.19. The van der Waals surface area contributed by atoms with E-state index in [0.717, 1.165) is 59.2 Å². The number of nitrogens with zero attached hydrogens (tertiary/aromatic N) is 1. The number of rotatable bonds is 8. The topological polar surface area (TPSA) is 72.3 Å². The Morgan fingerprint density at radius 1 is 1.14 bits per heavy atom. The lowest BCUT2D eigenvalue weighted by molar-refractivity contribution is 0.200. The number of hydrogen-bond acceptors (Lipinski definition) is 5. The minimum absolute atomic E-state index is 0.308. The summed E-state index contributed by atoms with van der Waals surface area (Å²) in [4.78, 5) is 0. The summed E-state index contributed by atoms with van der Waals surface area (Å²) in [6.07, 6.45) is 6.89. The summed E-state index contributed by atoms with van der Waals surface area (Å²) in [5.41, 5.74) is 3.15. The first-order chi connectivity index (χ1) is 13.7. The highest BCUT2D eigenvalue weighted by molar-refractivity contribution is 5.56. The lowest BCUT2D eigenvalue weighted by Crippen LogP contribution is -2.14. The average molecular weight is 381 g/mol. The van der Waals surface area contributed by atoms with E-state index in [1.807, 2.05) is 31.3 Å². The molecule has 2 heterocycles. The molecule has 148 valence electrons. The first-order valence-corrected chi connectivity index (χ1v) is 9.86. The molecule has 0 spiro atoms. The zero-order valence-electron chi connectivity index (χ0n) is 16.5. The lowest BCUT2D eigenvalue weighted by Gasteiger charge is -2.17. The van der Waals surface area contributed by atoms with E-state index in [1.54, 1.807) is 7.11 Å². The molecule has 6 heteroatoms. The predicted octanol–water partition coefficient (Wildman–Crippen LogP) is 4.60. The Hall–Kier alpha value is -2.73. The number of hydrogen-bond donors (Lipinski definition) is 2.